The fourth-order valence-electron chi connectivity index (χ4n) is 1.80. The maximum atomic E-state index is 12.0. The Kier molecular flexibility index (Phi) is 3.29. The first-order valence-corrected chi connectivity index (χ1v) is 5.92. The van der Waals surface area contributed by atoms with Gasteiger partial charge in [0.2, 0.25) is 0 Å². The van der Waals surface area contributed by atoms with Crippen LogP contribution in [0.1, 0.15) is 28.4 Å². The topological polar surface area (TPSA) is 79.5 Å². The highest BCUT2D eigenvalue weighted by molar-refractivity contribution is 6.07. The molecule has 0 saturated heterocycles. The summed E-state index contributed by atoms with van der Waals surface area (Å²) in [5, 5.41) is 11.9. The van der Waals surface area contributed by atoms with E-state index >= 15 is 0 Å². The summed E-state index contributed by atoms with van der Waals surface area (Å²) in [5.74, 6) is -1.52. The van der Waals surface area contributed by atoms with Gasteiger partial charge in [-0.3, -0.25) is 9.59 Å². The molecular weight excluding hydrogens is 246 g/mol. The van der Waals surface area contributed by atoms with Gasteiger partial charge in [0.15, 0.2) is 0 Å². The Morgan fingerprint density at radius 3 is 2.53 bits per heavy atom. The van der Waals surface area contributed by atoms with Crippen molar-refractivity contribution < 1.29 is 19.1 Å². The smallest absolute Gasteiger partial charge is 0.325 e. The Balaban J connectivity index is 2.38. The predicted molar refractivity (Wildman–Crippen MR) is 70.3 cm³/mol. The second-order valence-corrected chi connectivity index (χ2v) is 4.62. The normalized spacial score (nSPS) is 12.4. The largest absolute Gasteiger partial charge is 0.480 e. The molecule has 0 saturated carbocycles. The number of amides is 1. The Morgan fingerprint density at radius 1 is 1.26 bits per heavy atom. The van der Waals surface area contributed by atoms with E-state index in [2.05, 4.69) is 5.32 Å². The number of carboxylic acids is 1. The van der Waals surface area contributed by atoms with Crippen LogP contribution in [0.4, 0.5) is 0 Å². The lowest BCUT2D eigenvalue weighted by molar-refractivity contribution is -0.138. The highest BCUT2D eigenvalue weighted by Crippen LogP contribution is 2.24. The summed E-state index contributed by atoms with van der Waals surface area (Å²) in [6, 6.07) is 2.79. The van der Waals surface area contributed by atoms with Gasteiger partial charge < -0.3 is 14.8 Å². The zero-order valence-corrected chi connectivity index (χ0v) is 11.0. The average Bonchev–Trinajstić information content (AvgIpc) is 2.72. The van der Waals surface area contributed by atoms with Crippen LogP contribution in [0, 0.1) is 13.8 Å². The van der Waals surface area contributed by atoms with Crippen molar-refractivity contribution in [2.45, 2.75) is 26.8 Å². The van der Waals surface area contributed by atoms with E-state index in [1.165, 1.54) is 13.2 Å². The van der Waals surface area contributed by atoms with Gasteiger partial charge in [-0.15, -0.1) is 0 Å². The monoisotopic (exact) mass is 261 g/mol. The Labute approximate surface area is 110 Å². The molecule has 1 amide bonds. The first-order valence-electron chi connectivity index (χ1n) is 5.92. The van der Waals surface area contributed by atoms with Gasteiger partial charge in [0.05, 0.1) is 5.56 Å². The number of hydrogen-bond acceptors (Lipinski definition) is 3. The van der Waals surface area contributed by atoms with Crippen LogP contribution in [0.3, 0.4) is 0 Å². The van der Waals surface area contributed by atoms with Gasteiger partial charge in [-0.1, -0.05) is 0 Å². The van der Waals surface area contributed by atoms with Crippen molar-refractivity contribution in [3.8, 4) is 0 Å². The number of aryl methyl sites for hydroxylation is 2. The van der Waals surface area contributed by atoms with Gasteiger partial charge in [-0.2, -0.15) is 0 Å². The number of hydrogen-bond donors (Lipinski definition) is 2. The molecule has 2 N–H and O–H groups in total. The van der Waals surface area contributed by atoms with E-state index in [0.717, 1.165) is 11.1 Å². The van der Waals surface area contributed by atoms with Gasteiger partial charge in [0, 0.05) is 5.39 Å². The second-order valence-electron chi connectivity index (χ2n) is 4.62. The van der Waals surface area contributed by atoms with Crippen molar-refractivity contribution in [2.24, 2.45) is 0 Å². The van der Waals surface area contributed by atoms with Crippen molar-refractivity contribution >= 4 is 22.8 Å². The lowest BCUT2D eigenvalue weighted by Crippen LogP contribution is -2.38. The van der Waals surface area contributed by atoms with Crippen molar-refractivity contribution in [3.63, 3.8) is 0 Å². The summed E-state index contributed by atoms with van der Waals surface area (Å²) in [6.45, 7) is 5.32. The van der Waals surface area contributed by atoms with E-state index in [1.807, 2.05) is 26.0 Å². The highest BCUT2D eigenvalue weighted by atomic mass is 16.4. The van der Waals surface area contributed by atoms with Crippen molar-refractivity contribution in [2.75, 3.05) is 0 Å². The Morgan fingerprint density at radius 2 is 1.89 bits per heavy atom. The molecule has 0 radical (unpaired) electrons. The third kappa shape index (κ3) is 2.45. The third-order valence-corrected chi connectivity index (χ3v) is 3.15. The minimum Gasteiger partial charge on any atom is -0.480 e. The number of carbonyl (C=O) groups excluding carboxylic acids is 1. The zero-order chi connectivity index (χ0) is 14.2. The van der Waals surface area contributed by atoms with Crippen LogP contribution in [0.25, 0.3) is 11.0 Å². The third-order valence-electron chi connectivity index (χ3n) is 3.15. The van der Waals surface area contributed by atoms with E-state index in [9.17, 15) is 9.59 Å². The van der Waals surface area contributed by atoms with E-state index < -0.39 is 17.9 Å². The first-order chi connectivity index (χ1) is 8.90. The molecule has 0 bridgehead atoms. The van der Waals surface area contributed by atoms with E-state index in [0.29, 0.717) is 16.5 Å². The van der Waals surface area contributed by atoms with Crippen molar-refractivity contribution in [1.29, 1.82) is 0 Å². The number of fused-ring (bicyclic) bond motifs is 1. The molecule has 5 nitrogen and oxygen atoms in total. The SMILES string of the molecule is Cc1cc2occ(C(=O)N[C@@H](C)C(=O)O)c2cc1C. The molecule has 0 fully saturated rings. The molecule has 0 aliphatic carbocycles. The molecule has 1 heterocycles. The number of carbonyl (C=O) groups is 2. The van der Waals surface area contributed by atoms with Gasteiger partial charge in [-0.25, -0.2) is 0 Å². The van der Waals surface area contributed by atoms with E-state index in [4.69, 9.17) is 9.52 Å². The molecule has 1 aromatic carbocycles. The fraction of sp³-hybridized carbons (Fsp3) is 0.286. The van der Waals surface area contributed by atoms with Gasteiger partial charge in [0.25, 0.3) is 5.91 Å². The molecule has 100 valence electrons. The van der Waals surface area contributed by atoms with Crippen molar-refractivity contribution in [1.82, 2.24) is 5.32 Å². The van der Waals surface area contributed by atoms with Gasteiger partial charge >= 0.3 is 5.97 Å². The lowest BCUT2D eigenvalue weighted by atomic mass is 10.1. The lowest BCUT2D eigenvalue weighted by Gasteiger charge is -2.08. The van der Waals surface area contributed by atoms with Crippen LogP contribution in [-0.2, 0) is 4.79 Å². The van der Waals surface area contributed by atoms with Crippen LogP contribution in [0.15, 0.2) is 22.8 Å². The minimum absolute atomic E-state index is 0.353. The number of nitrogens with one attached hydrogen (secondary N) is 1. The average molecular weight is 261 g/mol. The maximum absolute atomic E-state index is 12.0. The molecule has 0 unspecified atom stereocenters. The fourth-order valence-corrected chi connectivity index (χ4v) is 1.80. The van der Waals surface area contributed by atoms with Crippen LogP contribution in [0.5, 0.6) is 0 Å². The Bertz CT molecular complexity index is 657. The van der Waals surface area contributed by atoms with E-state index in [1.54, 1.807) is 0 Å². The van der Waals surface area contributed by atoms with E-state index in [-0.39, 0.29) is 0 Å². The molecule has 2 rings (SSSR count). The molecule has 1 aromatic heterocycles. The quantitative estimate of drug-likeness (QED) is 0.888. The molecular formula is C14H15NO4. The molecule has 5 heteroatoms. The summed E-state index contributed by atoms with van der Waals surface area (Å²) in [6.07, 6.45) is 1.35. The summed E-state index contributed by atoms with van der Waals surface area (Å²) in [4.78, 5) is 22.7. The number of carboxylic acid groups (broad SMARTS) is 1. The summed E-state index contributed by atoms with van der Waals surface area (Å²) >= 11 is 0. The zero-order valence-electron chi connectivity index (χ0n) is 11.0. The minimum atomic E-state index is -1.08. The van der Waals surface area contributed by atoms with Crippen LogP contribution in [-0.4, -0.2) is 23.0 Å². The molecule has 0 aliphatic heterocycles. The summed E-state index contributed by atoms with van der Waals surface area (Å²) in [5.41, 5.74) is 3.10. The van der Waals surface area contributed by atoms with Crippen LogP contribution < -0.4 is 5.32 Å². The summed E-state index contributed by atoms with van der Waals surface area (Å²) in [7, 11) is 0. The maximum Gasteiger partial charge on any atom is 0.325 e. The number of benzene rings is 1. The molecule has 1 atom stereocenters. The first kappa shape index (κ1) is 13.1. The molecule has 2 aromatic rings. The predicted octanol–water partition coefficient (Wildman–Crippen LogP) is 2.25. The number of aliphatic carboxylic acids is 1. The van der Waals surface area contributed by atoms with Gasteiger partial charge in [0.1, 0.15) is 17.9 Å². The summed E-state index contributed by atoms with van der Waals surface area (Å²) < 4.78 is 5.34. The number of rotatable bonds is 3. The standard InChI is InChI=1S/C14H15NO4/c1-7-4-10-11(6-19-12(10)5-8(7)2)13(16)15-9(3)14(17)18/h4-6,9H,1-3H3,(H,15,16)(H,17,18)/t9-/m0/s1. The van der Waals surface area contributed by atoms with Crippen molar-refractivity contribution in [3.05, 3.63) is 35.1 Å². The number of furan rings is 1. The van der Waals surface area contributed by atoms with Gasteiger partial charge in [-0.05, 0) is 44.0 Å². The highest BCUT2D eigenvalue weighted by Gasteiger charge is 2.19. The second kappa shape index (κ2) is 4.76. The molecule has 0 spiro atoms. The van der Waals surface area contributed by atoms with Crippen LogP contribution >= 0.6 is 0 Å². The molecule has 0 aliphatic rings. The molecule has 19 heavy (non-hydrogen) atoms. The van der Waals surface area contributed by atoms with Crippen LogP contribution in [0.2, 0.25) is 0 Å². The Hall–Kier alpha value is -2.30.